The number of amides is 1. The standard InChI is InChI=1S/C13H17N5O2/c1-8(19)15-10-6-9(4-5-11(10)20-3)13-16-12(7-14)17-18(13)2/h4-6H,7,14H2,1-3H3,(H,15,19). The third-order valence-corrected chi connectivity index (χ3v) is 2.76. The van der Waals surface area contributed by atoms with Gasteiger partial charge in [0.05, 0.1) is 19.3 Å². The summed E-state index contributed by atoms with van der Waals surface area (Å²) >= 11 is 0. The molecule has 1 aromatic carbocycles. The molecule has 7 heteroatoms. The molecule has 0 radical (unpaired) electrons. The van der Waals surface area contributed by atoms with Crippen LogP contribution in [0, 0.1) is 0 Å². The number of ether oxygens (including phenoxy) is 1. The Morgan fingerprint density at radius 3 is 2.80 bits per heavy atom. The van der Waals surface area contributed by atoms with E-state index in [-0.39, 0.29) is 12.5 Å². The quantitative estimate of drug-likeness (QED) is 0.864. The SMILES string of the molecule is COc1ccc(-c2nc(CN)nn2C)cc1NC(C)=O. The normalized spacial score (nSPS) is 10.4. The van der Waals surface area contributed by atoms with E-state index < -0.39 is 0 Å². The fraction of sp³-hybridized carbons (Fsp3) is 0.308. The first kappa shape index (κ1) is 14.0. The Bertz CT molecular complexity index is 636. The van der Waals surface area contributed by atoms with Crippen molar-refractivity contribution in [2.24, 2.45) is 12.8 Å². The monoisotopic (exact) mass is 275 g/mol. The van der Waals surface area contributed by atoms with Gasteiger partial charge in [0.25, 0.3) is 0 Å². The average molecular weight is 275 g/mol. The Morgan fingerprint density at radius 1 is 1.50 bits per heavy atom. The summed E-state index contributed by atoms with van der Waals surface area (Å²) in [5.74, 6) is 1.67. The molecular weight excluding hydrogens is 258 g/mol. The predicted molar refractivity (Wildman–Crippen MR) is 75.2 cm³/mol. The van der Waals surface area contributed by atoms with E-state index in [4.69, 9.17) is 10.5 Å². The fourth-order valence-electron chi connectivity index (χ4n) is 1.91. The number of nitrogens with zero attached hydrogens (tertiary/aromatic N) is 3. The van der Waals surface area contributed by atoms with Crippen molar-refractivity contribution in [2.45, 2.75) is 13.5 Å². The van der Waals surface area contributed by atoms with Gasteiger partial charge in [-0.15, -0.1) is 0 Å². The van der Waals surface area contributed by atoms with Crippen LogP contribution in [0.5, 0.6) is 5.75 Å². The Morgan fingerprint density at radius 2 is 2.25 bits per heavy atom. The van der Waals surface area contributed by atoms with Gasteiger partial charge in [-0.25, -0.2) is 9.67 Å². The smallest absolute Gasteiger partial charge is 0.221 e. The van der Waals surface area contributed by atoms with E-state index in [1.165, 1.54) is 6.92 Å². The molecule has 2 aromatic rings. The van der Waals surface area contributed by atoms with Crippen molar-refractivity contribution in [1.29, 1.82) is 0 Å². The zero-order chi connectivity index (χ0) is 14.7. The van der Waals surface area contributed by atoms with Crippen LogP contribution in [0.15, 0.2) is 18.2 Å². The Hall–Kier alpha value is -2.41. The average Bonchev–Trinajstić information content (AvgIpc) is 2.79. The van der Waals surface area contributed by atoms with Crippen molar-refractivity contribution < 1.29 is 9.53 Å². The van der Waals surface area contributed by atoms with Crippen molar-refractivity contribution in [3.8, 4) is 17.1 Å². The van der Waals surface area contributed by atoms with Gasteiger partial charge in [0.15, 0.2) is 11.6 Å². The van der Waals surface area contributed by atoms with Gasteiger partial charge in [-0.05, 0) is 18.2 Å². The molecule has 1 heterocycles. The van der Waals surface area contributed by atoms with Crippen LogP contribution in [0.25, 0.3) is 11.4 Å². The van der Waals surface area contributed by atoms with Crippen LogP contribution in [-0.4, -0.2) is 27.8 Å². The lowest BCUT2D eigenvalue weighted by Gasteiger charge is -2.10. The van der Waals surface area contributed by atoms with Crippen LogP contribution in [0.2, 0.25) is 0 Å². The first-order valence-corrected chi connectivity index (χ1v) is 6.11. The molecule has 2 rings (SSSR count). The van der Waals surface area contributed by atoms with Crippen molar-refractivity contribution in [3.05, 3.63) is 24.0 Å². The van der Waals surface area contributed by atoms with Crippen molar-refractivity contribution in [3.63, 3.8) is 0 Å². The summed E-state index contributed by atoms with van der Waals surface area (Å²) < 4.78 is 6.87. The molecule has 0 spiro atoms. The highest BCUT2D eigenvalue weighted by molar-refractivity contribution is 5.91. The van der Waals surface area contributed by atoms with Gasteiger partial charge in [-0.3, -0.25) is 4.79 Å². The van der Waals surface area contributed by atoms with E-state index in [0.29, 0.717) is 23.1 Å². The van der Waals surface area contributed by atoms with Gasteiger partial charge in [0, 0.05) is 19.5 Å². The zero-order valence-corrected chi connectivity index (χ0v) is 11.7. The fourth-order valence-corrected chi connectivity index (χ4v) is 1.91. The van der Waals surface area contributed by atoms with Gasteiger partial charge in [0.1, 0.15) is 5.75 Å². The molecule has 1 aromatic heterocycles. The van der Waals surface area contributed by atoms with E-state index in [1.54, 1.807) is 31.0 Å². The molecule has 0 aliphatic carbocycles. The van der Waals surface area contributed by atoms with Crippen LogP contribution in [0.1, 0.15) is 12.7 Å². The summed E-state index contributed by atoms with van der Waals surface area (Å²) in [6.45, 7) is 1.73. The number of nitrogens with one attached hydrogen (secondary N) is 1. The molecule has 0 bridgehead atoms. The highest BCUT2D eigenvalue weighted by Crippen LogP contribution is 2.29. The Kier molecular flexibility index (Phi) is 3.99. The van der Waals surface area contributed by atoms with E-state index in [2.05, 4.69) is 15.4 Å². The molecule has 0 saturated heterocycles. The first-order chi connectivity index (χ1) is 9.55. The molecule has 0 unspecified atom stereocenters. The number of hydrogen-bond donors (Lipinski definition) is 2. The number of carbonyl (C=O) groups excluding carboxylic acids is 1. The van der Waals surface area contributed by atoms with Gasteiger partial charge in [-0.1, -0.05) is 0 Å². The topological polar surface area (TPSA) is 95.1 Å². The summed E-state index contributed by atoms with van der Waals surface area (Å²) in [5, 5.41) is 6.93. The third kappa shape index (κ3) is 2.77. The molecule has 0 aliphatic heterocycles. The molecule has 0 fully saturated rings. The van der Waals surface area contributed by atoms with Crippen LogP contribution >= 0.6 is 0 Å². The number of rotatable bonds is 4. The number of benzene rings is 1. The highest BCUT2D eigenvalue weighted by atomic mass is 16.5. The van der Waals surface area contributed by atoms with E-state index in [1.807, 2.05) is 6.07 Å². The van der Waals surface area contributed by atoms with Gasteiger partial charge < -0.3 is 15.8 Å². The largest absolute Gasteiger partial charge is 0.495 e. The number of methoxy groups -OCH3 is 1. The lowest BCUT2D eigenvalue weighted by Crippen LogP contribution is -2.07. The number of aromatic nitrogens is 3. The number of carbonyl (C=O) groups is 1. The second kappa shape index (κ2) is 5.70. The second-order valence-electron chi connectivity index (χ2n) is 4.28. The number of hydrogen-bond acceptors (Lipinski definition) is 5. The number of aryl methyl sites for hydroxylation is 1. The van der Waals surface area contributed by atoms with Crippen LogP contribution < -0.4 is 15.8 Å². The minimum absolute atomic E-state index is 0.166. The maximum Gasteiger partial charge on any atom is 0.221 e. The highest BCUT2D eigenvalue weighted by Gasteiger charge is 2.12. The summed E-state index contributed by atoms with van der Waals surface area (Å²) in [5.41, 5.74) is 6.95. The molecule has 7 nitrogen and oxygen atoms in total. The lowest BCUT2D eigenvalue weighted by atomic mass is 10.1. The molecule has 20 heavy (non-hydrogen) atoms. The zero-order valence-electron chi connectivity index (χ0n) is 11.7. The van der Waals surface area contributed by atoms with Crippen molar-refractivity contribution >= 4 is 11.6 Å². The molecule has 1 amide bonds. The summed E-state index contributed by atoms with van der Waals surface area (Å²) in [4.78, 5) is 15.6. The molecule has 0 aliphatic rings. The van der Waals surface area contributed by atoms with Crippen molar-refractivity contribution in [1.82, 2.24) is 14.8 Å². The summed E-state index contributed by atoms with van der Waals surface area (Å²) in [7, 11) is 3.35. The third-order valence-electron chi connectivity index (χ3n) is 2.76. The van der Waals surface area contributed by atoms with E-state index >= 15 is 0 Å². The maximum atomic E-state index is 11.2. The summed E-state index contributed by atoms with van der Waals surface area (Å²) in [6, 6.07) is 5.43. The minimum Gasteiger partial charge on any atom is -0.495 e. The first-order valence-electron chi connectivity index (χ1n) is 6.11. The number of nitrogens with two attached hydrogens (primary N) is 1. The van der Waals surface area contributed by atoms with Gasteiger partial charge in [-0.2, -0.15) is 5.10 Å². The van der Waals surface area contributed by atoms with Gasteiger partial charge in [0.2, 0.25) is 5.91 Å². The van der Waals surface area contributed by atoms with E-state index in [9.17, 15) is 4.79 Å². The van der Waals surface area contributed by atoms with E-state index in [0.717, 1.165) is 5.56 Å². The minimum atomic E-state index is -0.166. The Balaban J connectivity index is 2.46. The maximum absolute atomic E-state index is 11.2. The van der Waals surface area contributed by atoms with Crippen molar-refractivity contribution in [2.75, 3.05) is 12.4 Å². The van der Waals surface area contributed by atoms with Gasteiger partial charge >= 0.3 is 0 Å². The second-order valence-corrected chi connectivity index (χ2v) is 4.28. The Labute approximate surface area is 116 Å². The van der Waals surface area contributed by atoms with Crippen LogP contribution in [-0.2, 0) is 18.4 Å². The molecular formula is C13H17N5O2. The predicted octanol–water partition coefficient (Wildman–Crippen LogP) is 0.908. The molecule has 0 atom stereocenters. The number of anilines is 1. The molecule has 106 valence electrons. The molecule has 0 saturated carbocycles. The van der Waals surface area contributed by atoms with Crippen LogP contribution in [0.3, 0.4) is 0 Å². The molecule has 3 N–H and O–H groups in total. The lowest BCUT2D eigenvalue weighted by molar-refractivity contribution is -0.114. The van der Waals surface area contributed by atoms with Crippen LogP contribution in [0.4, 0.5) is 5.69 Å². The summed E-state index contributed by atoms with van der Waals surface area (Å²) in [6.07, 6.45) is 0.